The third-order valence-electron chi connectivity index (χ3n) is 4.11. The van der Waals surface area contributed by atoms with Gasteiger partial charge in [0.2, 0.25) is 0 Å². The Bertz CT molecular complexity index is 175. The molecule has 2 unspecified atom stereocenters. The first-order valence-corrected chi connectivity index (χ1v) is 6.20. The van der Waals surface area contributed by atoms with Crippen molar-refractivity contribution in [2.75, 3.05) is 20.1 Å². The molecule has 0 radical (unpaired) electrons. The zero-order valence-electron chi connectivity index (χ0n) is 9.41. The van der Waals surface area contributed by atoms with Gasteiger partial charge in [0.1, 0.15) is 0 Å². The van der Waals surface area contributed by atoms with Gasteiger partial charge in [-0.05, 0) is 38.3 Å². The number of likely N-dealkylation sites (tertiary alicyclic amines) is 1. The minimum absolute atomic E-state index is 0.479. The second-order valence-corrected chi connectivity index (χ2v) is 5.36. The van der Waals surface area contributed by atoms with Crippen LogP contribution in [0.3, 0.4) is 0 Å². The van der Waals surface area contributed by atoms with E-state index in [1.165, 1.54) is 51.6 Å². The molecule has 82 valence electrons. The molecule has 2 rings (SSSR count). The predicted octanol–water partition coefficient (Wildman–Crippen LogP) is 1.85. The molecule has 0 bridgehead atoms. The molecular formula is C12H24N2. The van der Waals surface area contributed by atoms with Gasteiger partial charge in [-0.2, -0.15) is 0 Å². The summed E-state index contributed by atoms with van der Waals surface area (Å²) in [7, 11) is 2.23. The zero-order chi connectivity index (χ0) is 9.97. The molecule has 1 aliphatic heterocycles. The standard InChI is InChI=1S/C12H24N2/c1-14-7-6-12(13)11(9-14)8-10-4-2-3-5-10/h10-12H,2-9,13H2,1H3. The number of hydrogen-bond donors (Lipinski definition) is 1. The molecule has 2 fully saturated rings. The summed E-state index contributed by atoms with van der Waals surface area (Å²) in [4.78, 5) is 2.45. The Morgan fingerprint density at radius 2 is 1.93 bits per heavy atom. The highest BCUT2D eigenvalue weighted by Gasteiger charge is 2.28. The maximum absolute atomic E-state index is 6.19. The summed E-state index contributed by atoms with van der Waals surface area (Å²) in [6.45, 7) is 2.43. The van der Waals surface area contributed by atoms with E-state index in [1.54, 1.807) is 0 Å². The van der Waals surface area contributed by atoms with Crippen LogP contribution in [0, 0.1) is 11.8 Å². The lowest BCUT2D eigenvalue weighted by atomic mass is 9.84. The topological polar surface area (TPSA) is 29.3 Å². The van der Waals surface area contributed by atoms with E-state index in [0.29, 0.717) is 6.04 Å². The molecule has 0 aromatic heterocycles. The van der Waals surface area contributed by atoms with Gasteiger partial charge >= 0.3 is 0 Å². The van der Waals surface area contributed by atoms with Crippen molar-refractivity contribution in [1.29, 1.82) is 0 Å². The fourth-order valence-electron chi connectivity index (χ4n) is 3.16. The lowest BCUT2D eigenvalue weighted by Crippen LogP contribution is -2.46. The van der Waals surface area contributed by atoms with Crippen molar-refractivity contribution in [3.63, 3.8) is 0 Å². The summed E-state index contributed by atoms with van der Waals surface area (Å²) < 4.78 is 0. The summed E-state index contributed by atoms with van der Waals surface area (Å²) >= 11 is 0. The van der Waals surface area contributed by atoms with Gasteiger partial charge in [0, 0.05) is 12.6 Å². The van der Waals surface area contributed by atoms with Crippen molar-refractivity contribution in [1.82, 2.24) is 4.90 Å². The minimum atomic E-state index is 0.479. The van der Waals surface area contributed by atoms with Crippen LogP contribution in [0.15, 0.2) is 0 Å². The van der Waals surface area contributed by atoms with Gasteiger partial charge in [0.15, 0.2) is 0 Å². The van der Waals surface area contributed by atoms with Crippen LogP contribution >= 0.6 is 0 Å². The normalized spacial score (nSPS) is 36.4. The molecule has 14 heavy (non-hydrogen) atoms. The van der Waals surface area contributed by atoms with Crippen molar-refractivity contribution in [2.24, 2.45) is 17.6 Å². The Hall–Kier alpha value is -0.0800. The maximum atomic E-state index is 6.19. The first-order valence-electron chi connectivity index (χ1n) is 6.20. The van der Waals surface area contributed by atoms with E-state index in [1.807, 2.05) is 0 Å². The minimum Gasteiger partial charge on any atom is -0.327 e. The van der Waals surface area contributed by atoms with Gasteiger partial charge in [-0.25, -0.2) is 0 Å². The highest BCUT2D eigenvalue weighted by atomic mass is 15.1. The Balaban J connectivity index is 1.82. The van der Waals surface area contributed by atoms with E-state index in [-0.39, 0.29) is 0 Å². The van der Waals surface area contributed by atoms with Gasteiger partial charge in [-0.3, -0.25) is 0 Å². The Morgan fingerprint density at radius 3 is 2.64 bits per heavy atom. The van der Waals surface area contributed by atoms with Crippen molar-refractivity contribution >= 4 is 0 Å². The molecule has 0 aromatic rings. The van der Waals surface area contributed by atoms with E-state index < -0.39 is 0 Å². The highest BCUT2D eigenvalue weighted by Crippen LogP contribution is 2.32. The molecule has 1 aliphatic carbocycles. The van der Waals surface area contributed by atoms with Gasteiger partial charge in [-0.15, -0.1) is 0 Å². The third kappa shape index (κ3) is 2.48. The molecule has 1 saturated heterocycles. The van der Waals surface area contributed by atoms with Crippen molar-refractivity contribution in [2.45, 2.75) is 44.6 Å². The number of piperidine rings is 1. The molecule has 2 atom stereocenters. The number of nitrogens with zero attached hydrogens (tertiary/aromatic N) is 1. The van der Waals surface area contributed by atoms with E-state index in [4.69, 9.17) is 5.73 Å². The molecule has 2 aliphatic rings. The van der Waals surface area contributed by atoms with Gasteiger partial charge in [0.05, 0.1) is 0 Å². The lowest BCUT2D eigenvalue weighted by molar-refractivity contribution is 0.162. The second-order valence-electron chi connectivity index (χ2n) is 5.36. The third-order valence-corrected chi connectivity index (χ3v) is 4.11. The molecule has 1 heterocycles. The Kier molecular flexibility index (Phi) is 3.45. The second kappa shape index (κ2) is 4.63. The van der Waals surface area contributed by atoms with Crippen molar-refractivity contribution in [3.8, 4) is 0 Å². The van der Waals surface area contributed by atoms with E-state index in [2.05, 4.69) is 11.9 Å². The van der Waals surface area contributed by atoms with Gasteiger partial charge in [-0.1, -0.05) is 25.7 Å². The van der Waals surface area contributed by atoms with E-state index >= 15 is 0 Å². The van der Waals surface area contributed by atoms with Crippen molar-refractivity contribution in [3.05, 3.63) is 0 Å². The number of hydrogen-bond acceptors (Lipinski definition) is 2. The van der Waals surface area contributed by atoms with Crippen LogP contribution in [0.5, 0.6) is 0 Å². The van der Waals surface area contributed by atoms with Crippen LogP contribution < -0.4 is 5.73 Å². The molecule has 2 heteroatoms. The van der Waals surface area contributed by atoms with Crippen LogP contribution in [0.25, 0.3) is 0 Å². The molecular weight excluding hydrogens is 172 g/mol. The molecule has 0 spiro atoms. The molecule has 2 nitrogen and oxygen atoms in total. The van der Waals surface area contributed by atoms with Crippen LogP contribution in [-0.4, -0.2) is 31.1 Å². The lowest BCUT2D eigenvalue weighted by Gasteiger charge is -2.36. The molecule has 0 aromatic carbocycles. The van der Waals surface area contributed by atoms with Crippen molar-refractivity contribution < 1.29 is 0 Å². The summed E-state index contributed by atoms with van der Waals surface area (Å²) in [5, 5.41) is 0. The summed E-state index contributed by atoms with van der Waals surface area (Å²) in [6, 6.07) is 0.479. The first-order chi connectivity index (χ1) is 6.75. The zero-order valence-corrected chi connectivity index (χ0v) is 9.41. The van der Waals surface area contributed by atoms with Gasteiger partial charge < -0.3 is 10.6 Å². The Morgan fingerprint density at radius 1 is 1.21 bits per heavy atom. The predicted molar refractivity (Wildman–Crippen MR) is 60.2 cm³/mol. The summed E-state index contributed by atoms with van der Waals surface area (Å²) in [6.07, 6.45) is 8.45. The highest BCUT2D eigenvalue weighted by molar-refractivity contribution is 4.84. The fourth-order valence-corrected chi connectivity index (χ4v) is 3.16. The Labute approximate surface area is 87.8 Å². The van der Waals surface area contributed by atoms with Crippen LogP contribution in [0.1, 0.15) is 38.5 Å². The maximum Gasteiger partial charge on any atom is 0.00916 e. The molecule has 0 amide bonds. The monoisotopic (exact) mass is 196 g/mol. The van der Waals surface area contributed by atoms with E-state index in [0.717, 1.165) is 11.8 Å². The fraction of sp³-hybridized carbons (Fsp3) is 1.00. The van der Waals surface area contributed by atoms with E-state index in [9.17, 15) is 0 Å². The van der Waals surface area contributed by atoms with Crippen LogP contribution in [0.2, 0.25) is 0 Å². The first kappa shape index (κ1) is 10.4. The quantitative estimate of drug-likeness (QED) is 0.730. The number of rotatable bonds is 2. The van der Waals surface area contributed by atoms with Crippen LogP contribution in [-0.2, 0) is 0 Å². The molecule has 1 saturated carbocycles. The van der Waals surface area contributed by atoms with Crippen LogP contribution in [0.4, 0.5) is 0 Å². The largest absolute Gasteiger partial charge is 0.327 e. The van der Waals surface area contributed by atoms with Gasteiger partial charge in [0.25, 0.3) is 0 Å². The molecule has 2 N–H and O–H groups in total. The SMILES string of the molecule is CN1CCC(N)C(CC2CCCC2)C1. The average Bonchev–Trinajstić information content (AvgIpc) is 2.64. The summed E-state index contributed by atoms with van der Waals surface area (Å²) in [5.74, 6) is 1.77. The average molecular weight is 196 g/mol. The number of nitrogens with two attached hydrogens (primary N) is 1. The smallest absolute Gasteiger partial charge is 0.00916 e. The summed E-state index contributed by atoms with van der Waals surface area (Å²) in [5.41, 5.74) is 6.19.